The maximum Gasteiger partial charge on any atom is 0.0375 e. The highest BCUT2D eigenvalue weighted by Gasteiger charge is 2.19. The zero-order valence-corrected chi connectivity index (χ0v) is 11.0. The quantitative estimate of drug-likeness (QED) is 0.845. The predicted molar refractivity (Wildman–Crippen MR) is 76.1 cm³/mol. The summed E-state index contributed by atoms with van der Waals surface area (Å²) in [5.41, 5.74) is 2.84. The van der Waals surface area contributed by atoms with E-state index in [-0.39, 0.29) is 0 Å². The van der Waals surface area contributed by atoms with Crippen LogP contribution in [0.5, 0.6) is 0 Å². The fourth-order valence-corrected chi connectivity index (χ4v) is 3.05. The van der Waals surface area contributed by atoms with Gasteiger partial charge in [0.25, 0.3) is 0 Å². The van der Waals surface area contributed by atoms with Crippen LogP contribution < -0.4 is 10.6 Å². The van der Waals surface area contributed by atoms with Gasteiger partial charge in [-0.1, -0.05) is 18.2 Å². The molecule has 0 aliphatic carbocycles. The van der Waals surface area contributed by atoms with Crippen molar-refractivity contribution in [2.75, 3.05) is 38.0 Å². The molecule has 3 rings (SSSR count). The summed E-state index contributed by atoms with van der Waals surface area (Å²) >= 11 is 0. The molecule has 1 saturated heterocycles. The minimum absolute atomic E-state index is 0.658. The Bertz CT molecular complexity index is 360. The first kappa shape index (κ1) is 12.0. The Morgan fingerprint density at radius 1 is 1.17 bits per heavy atom. The molecule has 98 valence electrons. The molecule has 18 heavy (non-hydrogen) atoms. The van der Waals surface area contributed by atoms with Crippen molar-refractivity contribution < 1.29 is 0 Å². The molecule has 1 aromatic carbocycles. The number of hydrogen-bond acceptors (Lipinski definition) is 3. The van der Waals surface area contributed by atoms with Crippen LogP contribution in [0.1, 0.15) is 18.4 Å². The number of para-hydroxylation sites is 1. The monoisotopic (exact) mass is 245 g/mol. The number of piperazine rings is 1. The summed E-state index contributed by atoms with van der Waals surface area (Å²) in [5.74, 6) is 0. The second kappa shape index (κ2) is 5.72. The zero-order chi connectivity index (χ0) is 12.2. The Balaban J connectivity index is 1.40. The molecular weight excluding hydrogens is 222 g/mol. The van der Waals surface area contributed by atoms with Crippen LogP contribution in [0.3, 0.4) is 0 Å². The lowest BCUT2D eigenvalue weighted by molar-refractivity contribution is 0.235. The topological polar surface area (TPSA) is 27.3 Å². The fourth-order valence-electron chi connectivity index (χ4n) is 3.05. The predicted octanol–water partition coefficient (Wildman–Crippen LogP) is 1.71. The van der Waals surface area contributed by atoms with Crippen molar-refractivity contribution in [1.82, 2.24) is 10.2 Å². The first-order valence-corrected chi connectivity index (χ1v) is 7.19. The van der Waals surface area contributed by atoms with E-state index in [1.54, 1.807) is 0 Å². The van der Waals surface area contributed by atoms with Gasteiger partial charge >= 0.3 is 0 Å². The first-order chi connectivity index (χ1) is 8.92. The molecule has 0 spiro atoms. The standard InChI is InChI=1S/C15H23N3/c1-2-6-15-13(4-1)12-14(17-15)5-3-9-18-10-7-16-8-11-18/h1-2,4,6,14,16-17H,3,5,7-12H2. The third-order valence-electron chi connectivity index (χ3n) is 4.08. The van der Waals surface area contributed by atoms with Crippen molar-refractivity contribution in [3.63, 3.8) is 0 Å². The summed E-state index contributed by atoms with van der Waals surface area (Å²) in [5, 5.41) is 7.05. The van der Waals surface area contributed by atoms with Gasteiger partial charge < -0.3 is 15.5 Å². The summed E-state index contributed by atoms with van der Waals surface area (Å²) in [6.45, 7) is 6.02. The maximum absolute atomic E-state index is 3.64. The van der Waals surface area contributed by atoms with E-state index in [0.717, 1.165) is 13.1 Å². The number of hydrogen-bond donors (Lipinski definition) is 2. The lowest BCUT2D eigenvalue weighted by Gasteiger charge is -2.27. The number of nitrogens with zero attached hydrogens (tertiary/aromatic N) is 1. The normalized spacial score (nSPS) is 23.7. The minimum atomic E-state index is 0.658. The van der Waals surface area contributed by atoms with Crippen LogP contribution >= 0.6 is 0 Å². The Morgan fingerprint density at radius 3 is 2.83 bits per heavy atom. The molecule has 0 amide bonds. The second-order valence-electron chi connectivity index (χ2n) is 5.44. The van der Waals surface area contributed by atoms with Crippen molar-refractivity contribution in [3.05, 3.63) is 29.8 Å². The van der Waals surface area contributed by atoms with E-state index >= 15 is 0 Å². The summed E-state index contributed by atoms with van der Waals surface area (Å²) in [6.07, 6.45) is 3.81. The maximum atomic E-state index is 3.64. The van der Waals surface area contributed by atoms with E-state index in [0.29, 0.717) is 6.04 Å². The van der Waals surface area contributed by atoms with Crippen LogP contribution in [0.2, 0.25) is 0 Å². The molecule has 1 unspecified atom stereocenters. The Hall–Kier alpha value is -1.06. The van der Waals surface area contributed by atoms with E-state index in [9.17, 15) is 0 Å². The van der Waals surface area contributed by atoms with Gasteiger partial charge in [-0.2, -0.15) is 0 Å². The average Bonchev–Trinajstić information content (AvgIpc) is 2.82. The van der Waals surface area contributed by atoms with Crippen LogP contribution in [0.4, 0.5) is 5.69 Å². The van der Waals surface area contributed by atoms with Crippen LogP contribution in [0.15, 0.2) is 24.3 Å². The molecule has 1 aromatic rings. The molecule has 1 atom stereocenters. The van der Waals surface area contributed by atoms with Gasteiger partial charge in [0.2, 0.25) is 0 Å². The van der Waals surface area contributed by atoms with Gasteiger partial charge in [0.1, 0.15) is 0 Å². The summed E-state index contributed by atoms with van der Waals surface area (Å²) in [4.78, 5) is 2.58. The molecule has 0 radical (unpaired) electrons. The highest BCUT2D eigenvalue weighted by molar-refractivity contribution is 5.56. The number of anilines is 1. The van der Waals surface area contributed by atoms with Crippen molar-refractivity contribution in [2.45, 2.75) is 25.3 Å². The third-order valence-corrected chi connectivity index (χ3v) is 4.08. The lowest BCUT2D eigenvalue weighted by atomic mass is 10.1. The summed E-state index contributed by atoms with van der Waals surface area (Å²) in [6, 6.07) is 9.37. The van der Waals surface area contributed by atoms with Crippen LogP contribution in [-0.2, 0) is 6.42 Å². The largest absolute Gasteiger partial charge is 0.382 e. The molecule has 1 fully saturated rings. The smallest absolute Gasteiger partial charge is 0.0375 e. The molecule has 0 saturated carbocycles. The molecule has 3 heteroatoms. The number of rotatable bonds is 4. The van der Waals surface area contributed by atoms with E-state index in [2.05, 4.69) is 39.8 Å². The van der Waals surface area contributed by atoms with Gasteiger partial charge in [-0.15, -0.1) is 0 Å². The molecule has 0 bridgehead atoms. The Labute approximate surface area is 110 Å². The van der Waals surface area contributed by atoms with Crippen LogP contribution in [0, 0.1) is 0 Å². The molecule has 3 nitrogen and oxygen atoms in total. The lowest BCUT2D eigenvalue weighted by Crippen LogP contribution is -2.43. The van der Waals surface area contributed by atoms with Gasteiger partial charge in [0.05, 0.1) is 0 Å². The molecule has 2 N–H and O–H groups in total. The van der Waals surface area contributed by atoms with E-state index < -0.39 is 0 Å². The second-order valence-corrected chi connectivity index (χ2v) is 5.44. The molecule has 0 aromatic heterocycles. The van der Waals surface area contributed by atoms with Gasteiger partial charge in [0.15, 0.2) is 0 Å². The van der Waals surface area contributed by atoms with Gasteiger partial charge in [-0.3, -0.25) is 0 Å². The van der Waals surface area contributed by atoms with Crippen molar-refractivity contribution >= 4 is 5.69 Å². The van der Waals surface area contributed by atoms with E-state index in [1.807, 2.05) is 0 Å². The SMILES string of the molecule is c1ccc2c(c1)CC(CCCN1CCNCC1)N2. The molecule has 2 aliphatic rings. The van der Waals surface area contributed by atoms with Crippen LogP contribution in [0.25, 0.3) is 0 Å². The first-order valence-electron chi connectivity index (χ1n) is 7.19. The van der Waals surface area contributed by atoms with E-state index in [1.165, 1.54) is 50.1 Å². The van der Waals surface area contributed by atoms with Crippen molar-refractivity contribution in [3.8, 4) is 0 Å². The Kier molecular flexibility index (Phi) is 3.81. The van der Waals surface area contributed by atoms with Crippen molar-refractivity contribution in [2.24, 2.45) is 0 Å². The Morgan fingerprint density at radius 2 is 2.00 bits per heavy atom. The molecule has 2 aliphatic heterocycles. The highest BCUT2D eigenvalue weighted by Crippen LogP contribution is 2.27. The van der Waals surface area contributed by atoms with Gasteiger partial charge in [0, 0.05) is 37.9 Å². The number of nitrogens with one attached hydrogen (secondary N) is 2. The third kappa shape index (κ3) is 2.85. The molecular formula is C15H23N3. The van der Waals surface area contributed by atoms with Gasteiger partial charge in [-0.05, 0) is 37.4 Å². The van der Waals surface area contributed by atoms with Gasteiger partial charge in [-0.25, -0.2) is 0 Å². The fraction of sp³-hybridized carbons (Fsp3) is 0.600. The molecule has 2 heterocycles. The summed E-state index contributed by atoms with van der Waals surface area (Å²) < 4.78 is 0. The highest BCUT2D eigenvalue weighted by atomic mass is 15.2. The number of benzene rings is 1. The minimum Gasteiger partial charge on any atom is -0.382 e. The van der Waals surface area contributed by atoms with Crippen molar-refractivity contribution in [1.29, 1.82) is 0 Å². The van der Waals surface area contributed by atoms with Crippen LogP contribution in [-0.4, -0.2) is 43.7 Å². The zero-order valence-electron chi connectivity index (χ0n) is 11.0. The average molecular weight is 245 g/mol. The van der Waals surface area contributed by atoms with E-state index in [4.69, 9.17) is 0 Å². The number of fused-ring (bicyclic) bond motifs is 1. The summed E-state index contributed by atoms with van der Waals surface area (Å²) in [7, 11) is 0.